The highest BCUT2D eigenvalue weighted by atomic mass is 32.2. The zero-order valence-electron chi connectivity index (χ0n) is 7.45. The van der Waals surface area contributed by atoms with Gasteiger partial charge in [0.2, 0.25) is 10.0 Å². The molecule has 0 spiro atoms. The monoisotopic (exact) mass is 203 g/mol. The van der Waals surface area contributed by atoms with Crippen LogP contribution in [-0.4, -0.2) is 24.4 Å². The third kappa shape index (κ3) is 3.45. The van der Waals surface area contributed by atoms with Gasteiger partial charge in [-0.1, -0.05) is 13.3 Å². The number of hydrogen-bond donors (Lipinski definition) is 2. The summed E-state index contributed by atoms with van der Waals surface area (Å²) in [5.41, 5.74) is 0. The maximum absolute atomic E-state index is 11.3. The minimum absolute atomic E-state index is 0.155. The zero-order chi connectivity index (χ0) is 9.73. The Morgan fingerprint density at radius 2 is 2.38 bits per heavy atom. The largest absolute Gasteiger partial charge is 0.268 e. The van der Waals surface area contributed by atoms with E-state index in [1.807, 2.05) is 6.92 Å². The SMILES string of the molecule is CCCCS(=O)(=O)Nc1ccn[nH]1. The van der Waals surface area contributed by atoms with Crippen molar-refractivity contribution < 1.29 is 8.42 Å². The van der Waals surface area contributed by atoms with Crippen LogP contribution >= 0.6 is 0 Å². The number of rotatable bonds is 5. The van der Waals surface area contributed by atoms with Crippen molar-refractivity contribution in [3.8, 4) is 0 Å². The van der Waals surface area contributed by atoms with Gasteiger partial charge in [0, 0.05) is 6.07 Å². The molecule has 0 aliphatic carbocycles. The summed E-state index contributed by atoms with van der Waals surface area (Å²) < 4.78 is 25.0. The molecule has 0 unspecified atom stereocenters. The van der Waals surface area contributed by atoms with E-state index in [0.717, 1.165) is 6.42 Å². The molecule has 0 saturated carbocycles. The number of hydrogen-bond acceptors (Lipinski definition) is 3. The first-order valence-electron chi connectivity index (χ1n) is 4.14. The predicted molar refractivity (Wildman–Crippen MR) is 50.9 cm³/mol. The van der Waals surface area contributed by atoms with Crippen LogP contribution in [0.2, 0.25) is 0 Å². The molecule has 0 bridgehead atoms. The van der Waals surface area contributed by atoms with Crippen molar-refractivity contribution in [1.29, 1.82) is 0 Å². The summed E-state index contributed by atoms with van der Waals surface area (Å²) >= 11 is 0. The summed E-state index contributed by atoms with van der Waals surface area (Å²) in [6.07, 6.45) is 3.03. The van der Waals surface area contributed by atoms with Crippen LogP contribution < -0.4 is 4.72 Å². The van der Waals surface area contributed by atoms with E-state index in [4.69, 9.17) is 0 Å². The Balaban J connectivity index is 2.53. The summed E-state index contributed by atoms with van der Waals surface area (Å²) in [5.74, 6) is 0.568. The molecule has 0 amide bonds. The Morgan fingerprint density at radius 1 is 1.62 bits per heavy atom. The maximum Gasteiger partial charge on any atom is 0.233 e. The molecule has 0 aliphatic rings. The van der Waals surface area contributed by atoms with Crippen molar-refractivity contribution in [2.75, 3.05) is 10.5 Å². The van der Waals surface area contributed by atoms with Crippen LogP contribution in [0, 0.1) is 0 Å². The van der Waals surface area contributed by atoms with E-state index < -0.39 is 10.0 Å². The van der Waals surface area contributed by atoms with E-state index in [-0.39, 0.29) is 5.75 Å². The number of sulfonamides is 1. The normalized spacial score (nSPS) is 11.5. The van der Waals surface area contributed by atoms with E-state index in [1.54, 1.807) is 6.07 Å². The van der Waals surface area contributed by atoms with E-state index in [1.165, 1.54) is 6.20 Å². The van der Waals surface area contributed by atoms with Gasteiger partial charge in [-0.25, -0.2) is 8.42 Å². The number of aromatic amines is 1. The molecule has 0 atom stereocenters. The number of nitrogens with one attached hydrogen (secondary N) is 2. The Kier molecular flexibility index (Phi) is 3.30. The summed E-state index contributed by atoms with van der Waals surface area (Å²) in [5, 5.41) is 6.16. The second-order valence-electron chi connectivity index (χ2n) is 2.74. The van der Waals surface area contributed by atoms with Crippen LogP contribution in [0.25, 0.3) is 0 Å². The minimum atomic E-state index is -3.19. The number of anilines is 1. The topological polar surface area (TPSA) is 74.8 Å². The fourth-order valence-electron chi connectivity index (χ4n) is 0.866. The zero-order valence-corrected chi connectivity index (χ0v) is 8.26. The van der Waals surface area contributed by atoms with Gasteiger partial charge in [-0.15, -0.1) is 0 Å². The summed E-state index contributed by atoms with van der Waals surface area (Å²) in [4.78, 5) is 0. The average molecular weight is 203 g/mol. The first kappa shape index (κ1) is 10.0. The highest BCUT2D eigenvalue weighted by molar-refractivity contribution is 7.92. The van der Waals surface area contributed by atoms with Crippen LogP contribution in [0.1, 0.15) is 19.8 Å². The molecular formula is C7H13N3O2S. The number of H-pyrrole nitrogens is 1. The smallest absolute Gasteiger partial charge is 0.233 e. The van der Waals surface area contributed by atoms with Gasteiger partial charge in [0.05, 0.1) is 11.9 Å². The molecule has 0 saturated heterocycles. The molecule has 0 aliphatic heterocycles. The van der Waals surface area contributed by atoms with Crippen LogP contribution in [0.3, 0.4) is 0 Å². The Hall–Kier alpha value is -1.04. The Bertz CT molecular complexity index is 331. The predicted octanol–water partition coefficient (Wildman–Crippen LogP) is 0.951. The van der Waals surface area contributed by atoms with Crippen molar-refractivity contribution in [2.24, 2.45) is 0 Å². The van der Waals surface area contributed by atoms with Gasteiger partial charge in [-0.3, -0.25) is 9.82 Å². The lowest BCUT2D eigenvalue weighted by molar-refractivity contribution is 0.597. The minimum Gasteiger partial charge on any atom is -0.268 e. The molecule has 1 aromatic heterocycles. The highest BCUT2D eigenvalue weighted by Gasteiger charge is 2.09. The lowest BCUT2D eigenvalue weighted by Gasteiger charge is -2.03. The second-order valence-corrected chi connectivity index (χ2v) is 4.59. The van der Waals surface area contributed by atoms with Gasteiger partial charge < -0.3 is 0 Å². The Morgan fingerprint density at radius 3 is 2.92 bits per heavy atom. The van der Waals surface area contributed by atoms with E-state index in [9.17, 15) is 8.42 Å². The molecule has 6 heteroatoms. The van der Waals surface area contributed by atoms with Gasteiger partial charge in [0.15, 0.2) is 0 Å². The van der Waals surface area contributed by atoms with E-state index in [0.29, 0.717) is 12.2 Å². The van der Waals surface area contributed by atoms with Crippen LogP contribution in [0.4, 0.5) is 5.82 Å². The van der Waals surface area contributed by atoms with Crippen molar-refractivity contribution >= 4 is 15.8 Å². The highest BCUT2D eigenvalue weighted by Crippen LogP contribution is 2.04. The second kappa shape index (κ2) is 4.27. The lowest BCUT2D eigenvalue weighted by Crippen LogP contribution is -2.16. The third-order valence-electron chi connectivity index (χ3n) is 1.53. The van der Waals surface area contributed by atoms with Crippen molar-refractivity contribution in [2.45, 2.75) is 19.8 Å². The molecule has 0 aromatic carbocycles. The maximum atomic E-state index is 11.3. The van der Waals surface area contributed by atoms with Gasteiger partial charge >= 0.3 is 0 Å². The number of unbranched alkanes of at least 4 members (excludes halogenated alkanes) is 1. The molecule has 0 radical (unpaired) electrons. The van der Waals surface area contributed by atoms with Crippen LogP contribution in [0.5, 0.6) is 0 Å². The van der Waals surface area contributed by atoms with Crippen molar-refractivity contribution in [1.82, 2.24) is 10.2 Å². The quantitative estimate of drug-likeness (QED) is 0.748. The lowest BCUT2D eigenvalue weighted by atomic mass is 10.4. The van der Waals surface area contributed by atoms with Gasteiger partial charge in [-0.05, 0) is 6.42 Å². The average Bonchev–Trinajstić information content (AvgIpc) is 2.52. The molecule has 1 rings (SSSR count). The van der Waals surface area contributed by atoms with E-state index >= 15 is 0 Å². The fourth-order valence-corrected chi connectivity index (χ4v) is 2.09. The van der Waals surface area contributed by atoms with Crippen molar-refractivity contribution in [3.05, 3.63) is 12.3 Å². The molecule has 1 heterocycles. The fraction of sp³-hybridized carbons (Fsp3) is 0.571. The van der Waals surface area contributed by atoms with E-state index in [2.05, 4.69) is 14.9 Å². The first-order chi connectivity index (χ1) is 6.14. The number of nitrogens with zero attached hydrogens (tertiary/aromatic N) is 1. The summed E-state index contributed by atoms with van der Waals surface area (Å²) in [6.45, 7) is 1.95. The first-order valence-corrected chi connectivity index (χ1v) is 5.79. The Labute approximate surface area is 77.6 Å². The molecule has 74 valence electrons. The summed E-state index contributed by atoms with van der Waals surface area (Å²) in [7, 11) is -3.19. The van der Waals surface area contributed by atoms with Gasteiger partial charge in [0.25, 0.3) is 0 Å². The summed E-state index contributed by atoms with van der Waals surface area (Å²) in [6, 6.07) is 1.57. The molecule has 0 fully saturated rings. The molecule has 2 N–H and O–H groups in total. The molecule has 5 nitrogen and oxygen atoms in total. The molecule has 1 aromatic rings. The van der Waals surface area contributed by atoms with Crippen molar-refractivity contribution in [3.63, 3.8) is 0 Å². The standard InChI is InChI=1S/C7H13N3O2S/c1-2-3-6-13(11,12)10-7-4-5-8-9-7/h4-5H,2-3,6H2,1H3,(H2,8,9,10). The van der Waals surface area contributed by atoms with Crippen LogP contribution in [0.15, 0.2) is 12.3 Å². The van der Waals surface area contributed by atoms with Crippen LogP contribution in [-0.2, 0) is 10.0 Å². The molecular weight excluding hydrogens is 190 g/mol. The molecule has 13 heavy (non-hydrogen) atoms. The number of aromatic nitrogens is 2. The van der Waals surface area contributed by atoms with Gasteiger partial charge in [0.1, 0.15) is 5.82 Å². The third-order valence-corrected chi connectivity index (χ3v) is 2.89. The van der Waals surface area contributed by atoms with Gasteiger partial charge in [-0.2, -0.15) is 5.10 Å².